The van der Waals surface area contributed by atoms with Gasteiger partial charge in [0, 0.05) is 24.7 Å². The second-order valence-corrected chi connectivity index (χ2v) is 8.02. The van der Waals surface area contributed by atoms with Crippen molar-refractivity contribution in [1.29, 1.82) is 0 Å². The molecule has 3 fully saturated rings. The van der Waals surface area contributed by atoms with Crippen LogP contribution in [-0.2, 0) is 0 Å². The third-order valence-corrected chi connectivity index (χ3v) is 5.89. The molecule has 0 amide bonds. The van der Waals surface area contributed by atoms with Crippen molar-refractivity contribution >= 4 is 0 Å². The Morgan fingerprint density at radius 3 is 2.75 bits per heavy atom. The van der Waals surface area contributed by atoms with Crippen LogP contribution < -0.4 is 5.32 Å². The zero-order chi connectivity index (χ0) is 13.9. The van der Waals surface area contributed by atoms with E-state index in [1.54, 1.807) is 0 Å². The molecule has 2 saturated heterocycles. The smallest absolute Gasteiger partial charge is 0.0249 e. The number of hydrogen-bond acceptors (Lipinski definition) is 2. The van der Waals surface area contributed by atoms with Crippen LogP contribution in [0.4, 0.5) is 0 Å². The normalized spacial score (nSPS) is 39.1. The zero-order valence-corrected chi connectivity index (χ0v) is 13.6. The highest BCUT2D eigenvalue weighted by Crippen LogP contribution is 2.32. The first-order valence-electron chi connectivity index (χ1n) is 9.22. The third kappa shape index (κ3) is 3.57. The van der Waals surface area contributed by atoms with Crippen LogP contribution in [0.3, 0.4) is 0 Å². The second kappa shape index (κ2) is 6.79. The minimum atomic E-state index is 0.804. The molecule has 4 unspecified atom stereocenters. The van der Waals surface area contributed by atoms with Gasteiger partial charge >= 0.3 is 0 Å². The van der Waals surface area contributed by atoms with Crippen LogP contribution in [0.25, 0.3) is 0 Å². The van der Waals surface area contributed by atoms with Crippen LogP contribution in [0.2, 0.25) is 0 Å². The van der Waals surface area contributed by atoms with Crippen LogP contribution >= 0.6 is 0 Å². The highest BCUT2D eigenvalue weighted by Gasteiger charge is 2.36. The van der Waals surface area contributed by atoms with Crippen molar-refractivity contribution in [3.63, 3.8) is 0 Å². The Kier molecular flexibility index (Phi) is 5.04. The van der Waals surface area contributed by atoms with Crippen molar-refractivity contribution in [3.8, 4) is 0 Å². The van der Waals surface area contributed by atoms with Crippen molar-refractivity contribution < 1.29 is 0 Å². The molecule has 116 valence electrons. The highest BCUT2D eigenvalue weighted by atomic mass is 15.2. The maximum atomic E-state index is 4.08. The number of nitrogens with zero attached hydrogens (tertiary/aromatic N) is 1. The second-order valence-electron chi connectivity index (χ2n) is 8.02. The van der Waals surface area contributed by atoms with Gasteiger partial charge in [-0.3, -0.25) is 4.90 Å². The van der Waals surface area contributed by atoms with Crippen LogP contribution in [0, 0.1) is 11.8 Å². The molecule has 1 saturated carbocycles. The third-order valence-electron chi connectivity index (χ3n) is 5.89. The minimum Gasteiger partial charge on any atom is -0.310 e. The van der Waals surface area contributed by atoms with Gasteiger partial charge in [0.15, 0.2) is 0 Å². The van der Waals surface area contributed by atoms with E-state index < -0.39 is 0 Å². The molecule has 4 atom stereocenters. The molecule has 1 N–H and O–H groups in total. The van der Waals surface area contributed by atoms with Gasteiger partial charge in [-0.15, -0.1) is 0 Å². The maximum absolute atomic E-state index is 4.08. The lowest BCUT2D eigenvalue weighted by atomic mass is 9.80. The molecule has 1 aliphatic carbocycles. The molecule has 2 heteroatoms. The van der Waals surface area contributed by atoms with E-state index in [1.165, 1.54) is 70.9 Å². The Hall–Kier alpha value is -0.0800. The minimum absolute atomic E-state index is 0.804. The van der Waals surface area contributed by atoms with E-state index >= 15 is 0 Å². The average Bonchev–Trinajstić information content (AvgIpc) is 2.82. The highest BCUT2D eigenvalue weighted by molar-refractivity contribution is 4.96. The summed E-state index contributed by atoms with van der Waals surface area (Å²) in [7, 11) is 0. The van der Waals surface area contributed by atoms with Crippen molar-refractivity contribution in [2.24, 2.45) is 11.8 Å². The van der Waals surface area contributed by atoms with Crippen molar-refractivity contribution in [2.75, 3.05) is 13.1 Å². The van der Waals surface area contributed by atoms with Crippen LogP contribution in [0.1, 0.15) is 71.6 Å². The summed E-state index contributed by atoms with van der Waals surface area (Å²) in [5, 5.41) is 4.08. The molecule has 3 aliphatic rings. The van der Waals surface area contributed by atoms with Gasteiger partial charge in [-0.05, 0) is 56.9 Å². The SMILES string of the molecule is CC(C)CC1CCCC(NC2CCN3CCCCC23)C1. The predicted octanol–water partition coefficient (Wildman–Crippen LogP) is 3.81. The van der Waals surface area contributed by atoms with Gasteiger partial charge in [0.25, 0.3) is 0 Å². The Labute approximate surface area is 125 Å². The number of rotatable bonds is 4. The quantitative estimate of drug-likeness (QED) is 0.841. The van der Waals surface area contributed by atoms with Crippen molar-refractivity contribution in [2.45, 2.75) is 89.8 Å². The molecule has 0 aromatic heterocycles. The first-order valence-corrected chi connectivity index (χ1v) is 9.22. The molecule has 0 aromatic carbocycles. The standard InChI is InChI=1S/C18H34N2/c1-14(2)12-15-6-5-7-16(13-15)19-17-9-11-20-10-4-3-8-18(17)20/h14-19H,3-13H2,1-2H3. The van der Waals surface area contributed by atoms with E-state index in [0.717, 1.165) is 30.0 Å². The summed E-state index contributed by atoms with van der Waals surface area (Å²) < 4.78 is 0. The Bertz CT molecular complexity index is 302. The zero-order valence-electron chi connectivity index (χ0n) is 13.6. The van der Waals surface area contributed by atoms with E-state index in [4.69, 9.17) is 0 Å². The largest absolute Gasteiger partial charge is 0.310 e. The molecule has 20 heavy (non-hydrogen) atoms. The first kappa shape index (κ1) is 14.8. The fourth-order valence-corrected chi connectivity index (χ4v) is 5.07. The number of piperidine rings is 1. The van der Waals surface area contributed by atoms with Gasteiger partial charge in [0.05, 0.1) is 0 Å². The summed E-state index contributed by atoms with van der Waals surface area (Å²) >= 11 is 0. The fourth-order valence-electron chi connectivity index (χ4n) is 5.07. The predicted molar refractivity (Wildman–Crippen MR) is 86.0 cm³/mol. The lowest BCUT2D eigenvalue weighted by Gasteiger charge is -2.37. The summed E-state index contributed by atoms with van der Waals surface area (Å²) in [4.78, 5) is 2.76. The van der Waals surface area contributed by atoms with Gasteiger partial charge in [-0.1, -0.05) is 33.1 Å². The van der Waals surface area contributed by atoms with E-state index in [0.29, 0.717) is 0 Å². The molecule has 0 aromatic rings. The van der Waals surface area contributed by atoms with E-state index in [-0.39, 0.29) is 0 Å². The van der Waals surface area contributed by atoms with Crippen molar-refractivity contribution in [1.82, 2.24) is 10.2 Å². The Balaban J connectivity index is 1.50. The summed E-state index contributed by atoms with van der Waals surface area (Å²) in [6.07, 6.45) is 13.0. The lowest BCUT2D eigenvalue weighted by molar-refractivity contribution is 0.165. The fraction of sp³-hybridized carbons (Fsp3) is 1.00. The Morgan fingerprint density at radius 1 is 1.00 bits per heavy atom. The number of fused-ring (bicyclic) bond motifs is 1. The van der Waals surface area contributed by atoms with E-state index in [1.807, 2.05) is 0 Å². The van der Waals surface area contributed by atoms with Gasteiger partial charge < -0.3 is 5.32 Å². The number of hydrogen-bond donors (Lipinski definition) is 1. The molecule has 0 radical (unpaired) electrons. The summed E-state index contributed by atoms with van der Waals surface area (Å²) in [5.74, 6) is 1.86. The van der Waals surface area contributed by atoms with Crippen LogP contribution in [-0.4, -0.2) is 36.1 Å². The average molecular weight is 278 g/mol. The Morgan fingerprint density at radius 2 is 1.90 bits per heavy atom. The first-order chi connectivity index (χ1) is 9.72. The summed E-state index contributed by atoms with van der Waals surface area (Å²) in [6.45, 7) is 7.48. The monoisotopic (exact) mass is 278 g/mol. The lowest BCUT2D eigenvalue weighted by Crippen LogP contribution is -2.49. The molecular formula is C18H34N2. The molecule has 2 aliphatic heterocycles. The van der Waals surface area contributed by atoms with Crippen LogP contribution in [0.15, 0.2) is 0 Å². The number of nitrogens with one attached hydrogen (secondary N) is 1. The molecule has 3 rings (SSSR count). The van der Waals surface area contributed by atoms with Gasteiger partial charge in [0.1, 0.15) is 0 Å². The van der Waals surface area contributed by atoms with Gasteiger partial charge in [-0.25, -0.2) is 0 Å². The molecule has 0 spiro atoms. The van der Waals surface area contributed by atoms with Gasteiger partial charge in [0.2, 0.25) is 0 Å². The van der Waals surface area contributed by atoms with E-state index in [2.05, 4.69) is 24.1 Å². The topological polar surface area (TPSA) is 15.3 Å². The van der Waals surface area contributed by atoms with Crippen molar-refractivity contribution in [3.05, 3.63) is 0 Å². The van der Waals surface area contributed by atoms with E-state index in [9.17, 15) is 0 Å². The van der Waals surface area contributed by atoms with Gasteiger partial charge in [-0.2, -0.15) is 0 Å². The molecule has 0 bridgehead atoms. The molecular weight excluding hydrogens is 244 g/mol. The molecule has 2 nitrogen and oxygen atoms in total. The molecule has 2 heterocycles. The van der Waals surface area contributed by atoms with Crippen LogP contribution in [0.5, 0.6) is 0 Å². The summed E-state index contributed by atoms with van der Waals surface area (Å²) in [6, 6.07) is 2.49. The summed E-state index contributed by atoms with van der Waals surface area (Å²) in [5.41, 5.74) is 0. The maximum Gasteiger partial charge on any atom is 0.0249 e.